The molecule has 2 aliphatic heterocycles. The lowest BCUT2D eigenvalue weighted by molar-refractivity contribution is 0.265. The van der Waals surface area contributed by atoms with Crippen molar-refractivity contribution in [2.75, 3.05) is 38.1 Å². The molecule has 2 saturated heterocycles. The van der Waals surface area contributed by atoms with E-state index in [4.69, 9.17) is 0 Å². The zero-order valence-electron chi connectivity index (χ0n) is 16.7. The fourth-order valence-corrected chi connectivity index (χ4v) is 3.86. The second kappa shape index (κ2) is 8.71. The highest BCUT2D eigenvalue weighted by molar-refractivity contribution is 5.80. The Balaban J connectivity index is 1.54. The van der Waals surface area contributed by atoms with Crippen LogP contribution in [0, 0.1) is 5.92 Å². The van der Waals surface area contributed by atoms with Crippen molar-refractivity contribution in [1.82, 2.24) is 20.5 Å². The largest absolute Gasteiger partial charge is 0.357 e. The highest BCUT2D eigenvalue weighted by Gasteiger charge is 2.31. The van der Waals surface area contributed by atoms with Crippen molar-refractivity contribution in [3.63, 3.8) is 0 Å². The Morgan fingerprint density at radius 1 is 1.31 bits per heavy atom. The van der Waals surface area contributed by atoms with E-state index in [1.807, 2.05) is 13.2 Å². The Labute approximate surface area is 158 Å². The number of rotatable bonds is 5. The van der Waals surface area contributed by atoms with Gasteiger partial charge in [0.2, 0.25) is 0 Å². The first kappa shape index (κ1) is 19.0. The molecule has 1 aromatic rings. The fourth-order valence-electron chi connectivity index (χ4n) is 3.86. The van der Waals surface area contributed by atoms with Gasteiger partial charge in [-0.1, -0.05) is 6.92 Å². The van der Waals surface area contributed by atoms with Crippen LogP contribution in [0.25, 0.3) is 0 Å². The number of nitrogens with zero attached hydrogens (tertiary/aromatic N) is 4. The summed E-state index contributed by atoms with van der Waals surface area (Å²) in [6.45, 7) is 12.1. The number of nitrogens with one attached hydrogen (secondary N) is 2. The van der Waals surface area contributed by atoms with Gasteiger partial charge in [0.05, 0.1) is 0 Å². The Bertz CT molecular complexity index is 608. The van der Waals surface area contributed by atoms with Crippen LogP contribution in [0.4, 0.5) is 5.82 Å². The number of pyridine rings is 1. The first-order valence-electron chi connectivity index (χ1n) is 9.98. The summed E-state index contributed by atoms with van der Waals surface area (Å²) in [4.78, 5) is 13.9. The van der Waals surface area contributed by atoms with Crippen molar-refractivity contribution in [3.05, 3.63) is 23.9 Å². The molecule has 2 N–H and O–H groups in total. The van der Waals surface area contributed by atoms with Crippen LogP contribution in [0.3, 0.4) is 0 Å². The molecular formula is C20H34N6. The van der Waals surface area contributed by atoms with E-state index in [-0.39, 0.29) is 0 Å². The van der Waals surface area contributed by atoms with Crippen LogP contribution in [0.5, 0.6) is 0 Å². The molecule has 144 valence electrons. The first-order chi connectivity index (χ1) is 12.6. The summed E-state index contributed by atoms with van der Waals surface area (Å²) in [5, 5.41) is 7.08. The van der Waals surface area contributed by atoms with Crippen LogP contribution in [0.1, 0.15) is 39.2 Å². The number of aliphatic imine (C=N–C) groups is 1. The van der Waals surface area contributed by atoms with Gasteiger partial charge in [0.15, 0.2) is 5.96 Å². The molecule has 3 heterocycles. The second-order valence-corrected chi connectivity index (χ2v) is 7.92. The summed E-state index contributed by atoms with van der Waals surface area (Å²) in [6, 6.07) is 5.32. The van der Waals surface area contributed by atoms with E-state index in [1.165, 1.54) is 18.4 Å². The molecule has 0 aromatic carbocycles. The lowest BCUT2D eigenvalue weighted by atomic mass is 10.1. The molecule has 2 atom stereocenters. The highest BCUT2D eigenvalue weighted by atomic mass is 15.3. The summed E-state index contributed by atoms with van der Waals surface area (Å²) >= 11 is 0. The van der Waals surface area contributed by atoms with Crippen molar-refractivity contribution < 1.29 is 0 Å². The van der Waals surface area contributed by atoms with Crippen LogP contribution >= 0.6 is 0 Å². The molecule has 3 rings (SSSR count). The van der Waals surface area contributed by atoms with Gasteiger partial charge in [0.25, 0.3) is 0 Å². The number of aromatic nitrogens is 1. The van der Waals surface area contributed by atoms with Crippen LogP contribution in [-0.2, 0) is 6.54 Å². The normalized spacial score (nSPS) is 24.5. The molecular weight excluding hydrogens is 324 g/mol. The van der Waals surface area contributed by atoms with Gasteiger partial charge in [-0.25, -0.2) is 4.98 Å². The topological polar surface area (TPSA) is 55.8 Å². The molecule has 2 aliphatic rings. The summed E-state index contributed by atoms with van der Waals surface area (Å²) in [7, 11) is 1.84. The van der Waals surface area contributed by atoms with Crippen LogP contribution in [0.2, 0.25) is 0 Å². The molecule has 2 fully saturated rings. The summed E-state index contributed by atoms with van der Waals surface area (Å²) in [5.41, 5.74) is 1.24. The number of anilines is 1. The van der Waals surface area contributed by atoms with Crippen LogP contribution in [0.15, 0.2) is 23.3 Å². The van der Waals surface area contributed by atoms with E-state index in [0.29, 0.717) is 18.0 Å². The lowest BCUT2D eigenvalue weighted by Crippen LogP contribution is -2.46. The van der Waals surface area contributed by atoms with Gasteiger partial charge in [0, 0.05) is 58.1 Å². The third kappa shape index (κ3) is 4.67. The van der Waals surface area contributed by atoms with E-state index in [0.717, 1.165) is 44.5 Å². The van der Waals surface area contributed by atoms with Gasteiger partial charge in [-0.3, -0.25) is 9.89 Å². The van der Waals surface area contributed by atoms with E-state index in [2.05, 4.69) is 63.3 Å². The summed E-state index contributed by atoms with van der Waals surface area (Å²) < 4.78 is 0. The predicted octanol–water partition coefficient (Wildman–Crippen LogP) is 2.08. The highest BCUT2D eigenvalue weighted by Crippen LogP contribution is 2.19. The average molecular weight is 359 g/mol. The maximum Gasteiger partial charge on any atom is 0.191 e. The Morgan fingerprint density at radius 3 is 2.73 bits per heavy atom. The van der Waals surface area contributed by atoms with Crippen molar-refractivity contribution in [3.8, 4) is 0 Å². The predicted molar refractivity (Wildman–Crippen MR) is 109 cm³/mol. The quantitative estimate of drug-likeness (QED) is 0.623. The molecule has 6 heteroatoms. The molecule has 0 radical (unpaired) electrons. The number of hydrogen-bond acceptors (Lipinski definition) is 4. The maximum absolute atomic E-state index is 4.53. The molecule has 26 heavy (non-hydrogen) atoms. The fraction of sp³-hybridized carbons (Fsp3) is 0.700. The molecule has 1 aromatic heterocycles. The zero-order valence-corrected chi connectivity index (χ0v) is 16.7. The smallest absolute Gasteiger partial charge is 0.191 e. The van der Waals surface area contributed by atoms with E-state index < -0.39 is 0 Å². The van der Waals surface area contributed by atoms with Crippen LogP contribution < -0.4 is 15.5 Å². The lowest BCUT2D eigenvalue weighted by Gasteiger charge is -2.22. The minimum atomic E-state index is 0.446. The Morgan fingerprint density at radius 2 is 2.08 bits per heavy atom. The Kier molecular flexibility index (Phi) is 6.35. The van der Waals surface area contributed by atoms with Gasteiger partial charge in [0.1, 0.15) is 5.82 Å². The molecule has 0 spiro atoms. The van der Waals surface area contributed by atoms with E-state index >= 15 is 0 Å². The summed E-state index contributed by atoms with van der Waals surface area (Å²) in [6.07, 6.45) is 4.46. The van der Waals surface area contributed by atoms with Gasteiger partial charge in [-0.2, -0.15) is 0 Å². The van der Waals surface area contributed by atoms with Gasteiger partial charge >= 0.3 is 0 Å². The number of likely N-dealkylation sites (tertiary alicyclic amines) is 1. The van der Waals surface area contributed by atoms with Gasteiger partial charge in [-0.05, 0) is 50.3 Å². The second-order valence-electron chi connectivity index (χ2n) is 7.92. The monoisotopic (exact) mass is 358 g/mol. The SMILES string of the molecule is CN=C(NCc1ccnc(N2CCCC2)c1)NC1CN(C(C)C)CC1C. The van der Waals surface area contributed by atoms with Crippen molar-refractivity contribution in [2.24, 2.45) is 10.9 Å². The van der Waals surface area contributed by atoms with Crippen molar-refractivity contribution in [1.29, 1.82) is 0 Å². The van der Waals surface area contributed by atoms with Crippen molar-refractivity contribution in [2.45, 2.75) is 52.2 Å². The summed E-state index contributed by atoms with van der Waals surface area (Å²) in [5.74, 6) is 2.60. The third-order valence-corrected chi connectivity index (χ3v) is 5.62. The zero-order chi connectivity index (χ0) is 18.5. The van der Waals surface area contributed by atoms with Gasteiger partial charge < -0.3 is 15.5 Å². The first-order valence-corrected chi connectivity index (χ1v) is 9.98. The van der Waals surface area contributed by atoms with Gasteiger partial charge in [-0.15, -0.1) is 0 Å². The molecule has 0 aliphatic carbocycles. The minimum absolute atomic E-state index is 0.446. The van der Waals surface area contributed by atoms with Crippen molar-refractivity contribution >= 4 is 11.8 Å². The van der Waals surface area contributed by atoms with E-state index in [9.17, 15) is 0 Å². The molecule has 0 saturated carbocycles. The molecule has 0 bridgehead atoms. The maximum atomic E-state index is 4.53. The molecule has 2 unspecified atom stereocenters. The number of guanidine groups is 1. The average Bonchev–Trinajstić information content (AvgIpc) is 3.29. The third-order valence-electron chi connectivity index (χ3n) is 5.62. The van der Waals surface area contributed by atoms with Crippen LogP contribution in [-0.4, -0.2) is 61.2 Å². The van der Waals surface area contributed by atoms with E-state index in [1.54, 1.807) is 0 Å². The minimum Gasteiger partial charge on any atom is -0.357 e. The number of hydrogen-bond donors (Lipinski definition) is 2. The molecule has 6 nitrogen and oxygen atoms in total. The Hall–Kier alpha value is -1.82. The standard InChI is InChI=1S/C20H34N6/c1-15(2)26-13-16(3)18(14-26)24-20(21-4)23-12-17-7-8-22-19(11-17)25-9-5-6-10-25/h7-8,11,15-16,18H,5-6,9-10,12-14H2,1-4H3,(H2,21,23,24). The molecule has 0 amide bonds.